The van der Waals surface area contributed by atoms with E-state index in [1.807, 2.05) is 11.9 Å². The Morgan fingerprint density at radius 1 is 1.35 bits per heavy atom. The van der Waals surface area contributed by atoms with E-state index in [0.29, 0.717) is 18.3 Å². The van der Waals surface area contributed by atoms with Gasteiger partial charge in [0.05, 0.1) is 0 Å². The third kappa shape index (κ3) is 5.51. The molecule has 1 fully saturated rings. The molecule has 0 radical (unpaired) electrons. The molecule has 0 bridgehead atoms. The zero-order chi connectivity index (χ0) is 16.8. The lowest BCUT2D eigenvalue weighted by molar-refractivity contribution is -0.126. The van der Waals surface area contributed by atoms with Crippen molar-refractivity contribution in [2.45, 2.75) is 26.7 Å². The second-order valence-corrected chi connectivity index (χ2v) is 7.27. The van der Waals surface area contributed by atoms with Crippen molar-refractivity contribution in [2.24, 2.45) is 11.8 Å². The topological polar surface area (TPSA) is 23.6 Å². The normalized spacial score (nSPS) is 19.2. The minimum Gasteiger partial charge on any atom is -0.345 e. The second-order valence-electron chi connectivity index (χ2n) is 7.27. The van der Waals surface area contributed by atoms with E-state index in [-0.39, 0.29) is 5.91 Å². The van der Waals surface area contributed by atoms with E-state index in [1.54, 1.807) is 0 Å². The van der Waals surface area contributed by atoms with Crippen LogP contribution in [0.4, 0.5) is 0 Å². The molecule has 23 heavy (non-hydrogen) atoms. The lowest BCUT2D eigenvalue weighted by Gasteiger charge is -2.22. The van der Waals surface area contributed by atoms with Gasteiger partial charge in [-0.3, -0.25) is 4.79 Å². The summed E-state index contributed by atoms with van der Waals surface area (Å²) in [6.45, 7) is 7.30. The van der Waals surface area contributed by atoms with Crippen LogP contribution in [-0.4, -0.2) is 49.4 Å². The van der Waals surface area contributed by atoms with E-state index in [2.05, 4.69) is 62.2 Å². The van der Waals surface area contributed by atoms with Crippen LogP contribution in [0.2, 0.25) is 0 Å². The molecule has 3 nitrogen and oxygen atoms in total. The Labute approximate surface area is 141 Å². The smallest absolute Gasteiger partial charge is 0.222 e. The Morgan fingerprint density at radius 2 is 2.04 bits per heavy atom. The van der Waals surface area contributed by atoms with Crippen molar-refractivity contribution in [1.29, 1.82) is 0 Å². The molecule has 1 aliphatic rings. The van der Waals surface area contributed by atoms with Crippen LogP contribution in [0.1, 0.15) is 32.3 Å². The Hall–Kier alpha value is -1.61. The lowest BCUT2D eigenvalue weighted by Crippen LogP contribution is -2.29. The van der Waals surface area contributed by atoms with Gasteiger partial charge in [-0.2, -0.15) is 0 Å². The summed E-state index contributed by atoms with van der Waals surface area (Å²) in [6, 6.07) is 10.6. The molecule has 1 aliphatic heterocycles. The number of hydrogen-bond donors (Lipinski definition) is 0. The minimum absolute atomic E-state index is 0.280. The van der Waals surface area contributed by atoms with Crippen LogP contribution in [0, 0.1) is 11.8 Å². The highest BCUT2D eigenvalue weighted by atomic mass is 16.2. The molecule has 1 aromatic rings. The summed E-state index contributed by atoms with van der Waals surface area (Å²) in [5, 5.41) is 0. The van der Waals surface area contributed by atoms with Crippen LogP contribution in [-0.2, 0) is 4.79 Å². The van der Waals surface area contributed by atoms with Crippen LogP contribution in [0.25, 0.3) is 5.57 Å². The molecule has 1 amide bonds. The Kier molecular flexibility index (Phi) is 6.40. The van der Waals surface area contributed by atoms with E-state index in [9.17, 15) is 4.79 Å². The maximum atomic E-state index is 11.7. The molecular weight excluding hydrogens is 284 g/mol. The summed E-state index contributed by atoms with van der Waals surface area (Å²) in [5.41, 5.74) is 2.69. The molecule has 1 atom stereocenters. The largest absolute Gasteiger partial charge is 0.345 e. The summed E-state index contributed by atoms with van der Waals surface area (Å²) < 4.78 is 0. The number of hydrogen-bond acceptors (Lipinski definition) is 2. The number of amides is 1. The third-order valence-electron chi connectivity index (χ3n) is 4.41. The van der Waals surface area contributed by atoms with Gasteiger partial charge in [-0.1, -0.05) is 50.3 Å². The summed E-state index contributed by atoms with van der Waals surface area (Å²) in [6.07, 6.45) is 4.17. The van der Waals surface area contributed by atoms with Crippen molar-refractivity contribution in [3.63, 3.8) is 0 Å². The quantitative estimate of drug-likeness (QED) is 0.769. The Bertz CT molecular complexity index is 536. The second kappa shape index (κ2) is 8.30. The van der Waals surface area contributed by atoms with Crippen molar-refractivity contribution in [3.05, 3.63) is 42.0 Å². The number of benzene rings is 1. The SMILES string of the molecule is CC(C)C/C=C(\CN(C)C[C@H]1CC(=O)N(C)C1)c1ccccc1. The maximum absolute atomic E-state index is 11.7. The summed E-state index contributed by atoms with van der Waals surface area (Å²) >= 11 is 0. The van der Waals surface area contributed by atoms with Crippen LogP contribution in [0.5, 0.6) is 0 Å². The number of allylic oxidation sites excluding steroid dienone is 1. The van der Waals surface area contributed by atoms with Gasteiger partial charge in [0.15, 0.2) is 0 Å². The highest BCUT2D eigenvalue weighted by molar-refractivity contribution is 5.78. The fourth-order valence-electron chi connectivity index (χ4n) is 3.18. The van der Waals surface area contributed by atoms with Gasteiger partial charge in [0.2, 0.25) is 5.91 Å². The summed E-state index contributed by atoms with van der Waals surface area (Å²) in [7, 11) is 4.06. The van der Waals surface area contributed by atoms with Gasteiger partial charge >= 0.3 is 0 Å². The van der Waals surface area contributed by atoms with Gasteiger partial charge in [-0.25, -0.2) is 0 Å². The molecule has 1 saturated heterocycles. The molecule has 126 valence electrons. The van der Waals surface area contributed by atoms with Crippen molar-refractivity contribution < 1.29 is 4.79 Å². The fourth-order valence-corrected chi connectivity index (χ4v) is 3.18. The summed E-state index contributed by atoms with van der Waals surface area (Å²) in [4.78, 5) is 15.9. The molecule has 0 N–H and O–H groups in total. The number of likely N-dealkylation sites (N-methyl/N-ethyl adjacent to an activating group) is 1. The van der Waals surface area contributed by atoms with Crippen molar-refractivity contribution in [2.75, 3.05) is 33.7 Å². The molecule has 0 aliphatic carbocycles. The van der Waals surface area contributed by atoms with Gasteiger partial charge in [0.25, 0.3) is 0 Å². The van der Waals surface area contributed by atoms with Gasteiger partial charge in [0, 0.05) is 33.1 Å². The first-order chi connectivity index (χ1) is 11.0. The molecule has 0 saturated carbocycles. The zero-order valence-electron chi connectivity index (χ0n) is 15.0. The van der Waals surface area contributed by atoms with Crippen LogP contribution >= 0.6 is 0 Å². The highest BCUT2D eigenvalue weighted by Crippen LogP contribution is 2.21. The third-order valence-corrected chi connectivity index (χ3v) is 4.41. The molecule has 1 aromatic carbocycles. The van der Waals surface area contributed by atoms with Crippen molar-refractivity contribution in [3.8, 4) is 0 Å². The van der Waals surface area contributed by atoms with Crippen molar-refractivity contribution >= 4 is 11.5 Å². The van der Waals surface area contributed by atoms with Gasteiger partial charge in [0.1, 0.15) is 0 Å². The van der Waals surface area contributed by atoms with Gasteiger partial charge < -0.3 is 9.80 Å². The molecular formula is C20H30N2O. The molecule has 0 aromatic heterocycles. The van der Waals surface area contributed by atoms with Gasteiger partial charge in [-0.05, 0) is 36.4 Å². The predicted molar refractivity (Wildman–Crippen MR) is 97.1 cm³/mol. The minimum atomic E-state index is 0.280. The van der Waals surface area contributed by atoms with Crippen LogP contribution in [0.3, 0.4) is 0 Å². The molecule has 3 heteroatoms. The standard InChI is InChI=1S/C20H30N2O/c1-16(2)10-11-19(18-8-6-5-7-9-18)15-21(3)13-17-12-20(23)22(4)14-17/h5-9,11,16-17H,10,12-15H2,1-4H3/b19-11+/t17-/m1/s1. The number of carbonyl (C=O) groups is 1. The van der Waals surface area contributed by atoms with E-state index in [0.717, 1.165) is 26.1 Å². The van der Waals surface area contributed by atoms with Crippen LogP contribution in [0.15, 0.2) is 36.4 Å². The van der Waals surface area contributed by atoms with E-state index < -0.39 is 0 Å². The monoisotopic (exact) mass is 314 g/mol. The maximum Gasteiger partial charge on any atom is 0.222 e. The van der Waals surface area contributed by atoms with Gasteiger partial charge in [-0.15, -0.1) is 0 Å². The average molecular weight is 314 g/mol. The van der Waals surface area contributed by atoms with E-state index in [1.165, 1.54) is 11.1 Å². The van der Waals surface area contributed by atoms with Crippen LogP contribution < -0.4 is 0 Å². The summed E-state index contributed by atoms with van der Waals surface area (Å²) in [5.74, 6) is 1.40. The van der Waals surface area contributed by atoms with Crippen molar-refractivity contribution in [1.82, 2.24) is 9.80 Å². The van der Waals surface area contributed by atoms with E-state index >= 15 is 0 Å². The predicted octanol–water partition coefficient (Wildman–Crippen LogP) is 3.53. The zero-order valence-corrected chi connectivity index (χ0v) is 15.0. The van der Waals surface area contributed by atoms with E-state index in [4.69, 9.17) is 0 Å². The fraction of sp³-hybridized carbons (Fsp3) is 0.550. The Balaban J connectivity index is 2.00. The number of nitrogens with zero attached hydrogens (tertiary/aromatic N) is 2. The molecule has 2 rings (SSSR count). The first-order valence-electron chi connectivity index (χ1n) is 8.62. The highest BCUT2D eigenvalue weighted by Gasteiger charge is 2.27. The first-order valence-corrected chi connectivity index (χ1v) is 8.62. The molecule has 0 unspecified atom stereocenters. The Morgan fingerprint density at radius 3 is 2.61 bits per heavy atom. The number of rotatable bonds is 7. The number of likely N-dealkylation sites (tertiary alicyclic amines) is 1. The average Bonchev–Trinajstić information content (AvgIpc) is 2.82. The first kappa shape index (κ1) is 17.7. The lowest BCUT2D eigenvalue weighted by atomic mass is 10.0. The molecule has 0 spiro atoms. The molecule has 1 heterocycles. The number of carbonyl (C=O) groups excluding carboxylic acids is 1.